The van der Waals surface area contributed by atoms with Crippen LogP contribution in [-0.2, 0) is 4.74 Å². The predicted octanol–water partition coefficient (Wildman–Crippen LogP) is 2.36. The van der Waals surface area contributed by atoms with Gasteiger partial charge in [0, 0.05) is 13.2 Å². The summed E-state index contributed by atoms with van der Waals surface area (Å²) in [5, 5.41) is 0. The summed E-state index contributed by atoms with van der Waals surface area (Å²) in [5.41, 5.74) is 0.748. The first kappa shape index (κ1) is 6.66. The summed E-state index contributed by atoms with van der Waals surface area (Å²) < 4.78 is 5.36. The number of hydrogen-bond donors (Lipinski definition) is 0. The van der Waals surface area contributed by atoms with E-state index in [1.165, 1.54) is 38.5 Å². The van der Waals surface area contributed by atoms with Crippen LogP contribution in [0.5, 0.6) is 0 Å². The Morgan fingerprint density at radius 3 is 2.00 bits per heavy atom. The molecule has 0 atom stereocenters. The molecule has 1 saturated carbocycles. The maximum Gasteiger partial charge on any atom is 0.0471 e. The van der Waals surface area contributed by atoms with E-state index >= 15 is 0 Å². The smallest absolute Gasteiger partial charge is 0.0471 e. The van der Waals surface area contributed by atoms with Crippen molar-refractivity contribution >= 4 is 0 Å². The standard InChI is InChI=1S/C9H16O/c1-2-4-9(3-1)5-7-10-8-6-9/h1-8H2. The minimum atomic E-state index is 0.748. The van der Waals surface area contributed by atoms with E-state index in [0.29, 0.717) is 0 Å². The van der Waals surface area contributed by atoms with Crippen molar-refractivity contribution in [3.8, 4) is 0 Å². The van der Waals surface area contributed by atoms with Crippen molar-refractivity contribution in [2.45, 2.75) is 38.5 Å². The fourth-order valence-corrected chi connectivity index (χ4v) is 2.43. The Hall–Kier alpha value is -0.0400. The van der Waals surface area contributed by atoms with Crippen LogP contribution in [0.4, 0.5) is 0 Å². The van der Waals surface area contributed by atoms with Gasteiger partial charge in [0.2, 0.25) is 0 Å². The number of hydrogen-bond acceptors (Lipinski definition) is 1. The zero-order valence-electron chi connectivity index (χ0n) is 6.57. The topological polar surface area (TPSA) is 9.23 Å². The van der Waals surface area contributed by atoms with E-state index in [-0.39, 0.29) is 0 Å². The average molecular weight is 140 g/mol. The quantitative estimate of drug-likeness (QED) is 0.502. The molecule has 1 aliphatic carbocycles. The van der Waals surface area contributed by atoms with Gasteiger partial charge in [-0.05, 0) is 31.1 Å². The van der Waals surface area contributed by atoms with E-state index in [4.69, 9.17) is 4.74 Å². The minimum Gasteiger partial charge on any atom is -0.381 e. The first-order valence-corrected chi connectivity index (χ1v) is 4.49. The Morgan fingerprint density at radius 1 is 0.800 bits per heavy atom. The van der Waals surface area contributed by atoms with E-state index in [1.54, 1.807) is 0 Å². The summed E-state index contributed by atoms with van der Waals surface area (Å²) in [6, 6.07) is 0. The molecule has 2 aliphatic rings. The lowest BCUT2D eigenvalue weighted by Crippen LogP contribution is -2.26. The molecular weight excluding hydrogens is 124 g/mol. The number of rotatable bonds is 0. The van der Waals surface area contributed by atoms with Crippen molar-refractivity contribution in [1.82, 2.24) is 0 Å². The normalized spacial score (nSPS) is 31.2. The van der Waals surface area contributed by atoms with Crippen LogP contribution in [-0.4, -0.2) is 13.2 Å². The van der Waals surface area contributed by atoms with Gasteiger partial charge in [0.25, 0.3) is 0 Å². The molecule has 2 rings (SSSR count). The van der Waals surface area contributed by atoms with Crippen molar-refractivity contribution in [2.24, 2.45) is 5.41 Å². The van der Waals surface area contributed by atoms with Crippen molar-refractivity contribution in [3.63, 3.8) is 0 Å². The SMILES string of the molecule is C1CCC2(C1)CCOCC2. The molecule has 1 saturated heterocycles. The second kappa shape index (κ2) is 2.54. The molecule has 0 N–H and O–H groups in total. The van der Waals surface area contributed by atoms with Gasteiger partial charge in [0.1, 0.15) is 0 Å². The van der Waals surface area contributed by atoms with Crippen LogP contribution < -0.4 is 0 Å². The summed E-state index contributed by atoms with van der Waals surface area (Å²) in [5.74, 6) is 0. The lowest BCUT2D eigenvalue weighted by molar-refractivity contribution is 0.0182. The highest BCUT2D eigenvalue weighted by Crippen LogP contribution is 2.45. The Balaban J connectivity index is 1.98. The molecule has 1 spiro atoms. The van der Waals surface area contributed by atoms with Crippen LogP contribution in [0.2, 0.25) is 0 Å². The van der Waals surface area contributed by atoms with E-state index in [1.807, 2.05) is 0 Å². The molecule has 0 aromatic rings. The summed E-state index contributed by atoms with van der Waals surface area (Å²) in [7, 11) is 0. The van der Waals surface area contributed by atoms with Gasteiger partial charge in [0.05, 0.1) is 0 Å². The fourth-order valence-electron chi connectivity index (χ4n) is 2.43. The van der Waals surface area contributed by atoms with Crippen molar-refractivity contribution in [3.05, 3.63) is 0 Å². The van der Waals surface area contributed by atoms with Gasteiger partial charge >= 0.3 is 0 Å². The van der Waals surface area contributed by atoms with Crippen molar-refractivity contribution in [2.75, 3.05) is 13.2 Å². The molecule has 1 heterocycles. The largest absolute Gasteiger partial charge is 0.381 e. The molecule has 0 aromatic heterocycles. The van der Waals surface area contributed by atoms with Crippen LogP contribution >= 0.6 is 0 Å². The molecule has 0 unspecified atom stereocenters. The highest BCUT2D eigenvalue weighted by molar-refractivity contribution is 4.86. The molecule has 0 aromatic carbocycles. The molecule has 0 amide bonds. The number of ether oxygens (including phenoxy) is 1. The highest BCUT2D eigenvalue weighted by Gasteiger charge is 2.34. The molecule has 58 valence electrons. The van der Waals surface area contributed by atoms with Gasteiger partial charge in [-0.15, -0.1) is 0 Å². The second-order valence-electron chi connectivity index (χ2n) is 3.82. The summed E-state index contributed by atoms with van der Waals surface area (Å²) in [4.78, 5) is 0. The minimum absolute atomic E-state index is 0.748. The third-order valence-electron chi connectivity index (χ3n) is 3.22. The van der Waals surface area contributed by atoms with E-state index < -0.39 is 0 Å². The first-order chi connectivity index (χ1) is 4.91. The Morgan fingerprint density at radius 2 is 1.40 bits per heavy atom. The van der Waals surface area contributed by atoms with Crippen LogP contribution in [0.25, 0.3) is 0 Å². The van der Waals surface area contributed by atoms with E-state index in [0.717, 1.165) is 18.6 Å². The lowest BCUT2D eigenvalue weighted by Gasteiger charge is -2.32. The van der Waals surface area contributed by atoms with Crippen LogP contribution in [0.1, 0.15) is 38.5 Å². The van der Waals surface area contributed by atoms with Gasteiger partial charge in [0.15, 0.2) is 0 Å². The van der Waals surface area contributed by atoms with Gasteiger partial charge in [-0.3, -0.25) is 0 Å². The zero-order chi connectivity index (χ0) is 6.86. The second-order valence-corrected chi connectivity index (χ2v) is 3.82. The summed E-state index contributed by atoms with van der Waals surface area (Å²) >= 11 is 0. The Kier molecular flexibility index (Phi) is 1.69. The molecule has 1 heteroatoms. The molecule has 10 heavy (non-hydrogen) atoms. The third-order valence-corrected chi connectivity index (χ3v) is 3.22. The van der Waals surface area contributed by atoms with Crippen molar-refractivity contribution in [1.29, 1.82) is 0 Å². The van der Waals surface area contributed by atoms with E-state index in [9.17, 15) is 0 Å². The monoisotopic (exact) mass is 140 g/mol. The van der Waals surface area contributed by atoms with Gasteiger partial charge in [-0.1, -0.05) is 12.8 Å². The molecule has 0 bridgehead atoms. The third kappa shape index (κ3) is 1.07. The predicted molar refractivity (Wildman–Crippen MR) is 41.0 cm³/mol. The maximum atomic E-state index is 5.36. The highest BCUT2D eigenvalue weighted by atomic mass is 16.5. The first-order valence-electron chi connectivity index (χ1n) is 4.49. The van der Waals surface area contributed by atoms with Crippen LogP contribution in [0.3, 0.4) is 0 Å². The molecule has 0 radical (unpaired) electrons. The maximum absolute atomic E-state index is 5.36. The Bertz CT molecular complexity index is 106. The van der Waals surface area contributed by atoms with Gasteiger partial charge < -0.3 is 4.74 Å². The van der Waals surface area contributed by atoms with Crippen molar-refractivity contribution < 1.29 is 4.74 Å². The summed E-state index contributed by atoms with van der Waals surface area (Å²) in [6.07, 6.45) is 8.59. The van der Waals surface area contributed by atoms with Gasteiger partial charge in [-0.25, -0.2) is 0 Å². The molecule has 1 nitrogen and oxygen atoms in total. The van der Waals surface area contributed by atoms with Crippen LogP contribution in [0, 0.1) is 5.41 Å². The fraction of sp³-hybridized carbons (Fsp3) is 1.00. The molecule has 2 fully saturated rings. The lowest BCUT2D eigenvalue weighted by atomic mass is 9.79. The molecule has 1 aliphatic heterocycles. The van der Waals surface area contributed by atoms with Gasteiger partial charge in [-0.2, -0.15) is 0 Å². The molecular formula is C9H16O. The zero-order valence-corrected chi connectivity index (χ0v) is 6.57. The summed E-state index contributed by atoms with van der Waals surface area (Å²) in [6.45, 7) is 2.06. The van der Waals surface area contributed by atoms with Crippen LogP contribution in [0.15, 0.2) is 0 Å². The average Bonchev–Trinajstić information content (AvgIpc) is 2.39. The van der Waals surface area contributed by atoms with E-state index in [2.05, 4.69) is 0 Å². The Labute approximate surface area is 62.8 Å².